The second kappa shape index (κ2) is 9.49. The minimum Gasteiger partial charge on any atom is -0.263 e. The van der Waals surface area contributed by atoms with Gasteiger partial charge in [0.25, 0.3) is 0 Å². The van der Waals surface area contributed by atoms with Gasteiger partial charge in [-0.25, -0.2) is 14.5 Å². The fraction of sp³-hybridized carbons (Fsp3) is 0.192. The van der Waals surface area contributed by atoms with Crippen molar-refractivity contribution in [2.45, 2.75) is 18.9 Å². The van der Waals surface area contributed by atoms with E-state index in [1.165, 1.54) is 4.68 Å². The number of hydrazone groups is 1. The predicted octanol–water partition coefficient (Wildman–Crippen LogP) is 5.14. The molecule has 172 valence electrons. The van der Waals surface area contributed by atoms with Gasteiger partial charge in [-0.05, 0) is 47.4 Å². The fourth-order valence-corrected chi connectivity index (χ4v) is 4.44. The quantitative estimate of drug-likeness (QED) is 0.375. The normalized spacial score (nSPS) is 15.6. The number of benzene rings is 3. The number of aromatic nitrogens is 3. The average molecular weight is 492 g/mol. The number of aryl methyl sites for hydroxylation is 2. The molecule has 0 saturated carbocycles. The molecule has 5 rings (SSSR count). The van der Waals surface area contributed by atoms with E-state index >= 15 is 0 Å². The second-order valence-electron chi connectivity index (χ2n) is 8.28. The lowest BCUT2D eigenvalue weighted by Gasteiger charge is -2.15. The van der Waals surface area contributed by atoms with Crippen LogP contribution in [-0.2, 0) is 20.0 Å². The summed E-state index contributed by atoms with van der Waals surface area (Å²) in [5.41, 5.74) is 4.00. The van der Waals surface area contributed by atoms with Crippen LogP contribution in [0, 0.1) is 0 Å². The van der Waals surface area contributed by atoms with Gasteiger partial charge in [0.05, 0.1) is 18.8 Å². The molecule has 0 radical (unpaired) electrons. The number of nitrogens with zero attached hydrogens (tertiary/aromatic N) is 5. The Labute approximate surface area is 207 Å². The lowest BCUT2D eigenvalue weighted by molar-refractivity contribution is 0.584. The molecule has 0 fully saturated rings. The maximum Gasteiger partial charge on any atom is 0.347 e. The van der Waals surface area contributed by atoms with E-state index in [2.05, 4.69) is 17.2 Å². The van der Waals surface area contributed by atoms with Gasteiger partial charge in [0.2, 0.25) is 5.95 Å². The van der Waals surface area contributed by atoms with Crippen molar-refractivity contribution in [2.75, 3.05) is 11.6 Å². The van der Waals surface area contributed by atoms with Gasteiger partial charge in [-0.1, -0.05) is 77.8 Å². The van der Waals surface area contributed by atoms with Crippen molar-refractivity contribution in [3.8, 4) is 0 Å². The first-order chi connectivity index (χ1) is 16.5. The zero-order valence-electron chi connectivity index (χ0n) is 18.6. The van der Waals surface area contributed by atoms with Gasteiger partial charge in [0.15, 0.2) is 0 Å². The van der Waals surface area contributed by atoms with E-state index in [9.17, 15) is 4.79 Å². The molecule has 4 aromatic rings. The Bertz CT molecular complexity index is 1380. The van der Waals surface area contributed by atoms with Gasteiger partial charge in [-0.2, -0.15) is 5.10 Å². The van der Waals surface area contributed by atoms with Crippen molar-refractivity contribution < 1.29 is 0 Å². The number of anilines is 1. The summed E-state index contributed by atoms with van der Waals surface area (Å²) in [4.78, 5) is 12.9. The molecule has 0 unspecified atom stereocenters. The Hall–Kier alpha value is -3.35. The molecule has 1 aliphatic rings. The Morgan fingerprint density at radius 2 is 1.56 bits per heavy atom. The van der Waals surface area contributed by atoms with Crippen molar-refractivity contribution in [3.05, 3.63) is 116 Å². The van der Waals surface area contributed by atoms with Gasteiger partial charge in [-0.15, -0.1) is 5.10 Å². The number of hydrogen-bond donors (Lipinski definition) is 0. The molecule has 2 heterocycles. The van der Waals surface area contributed by atoms with Crippen LogP contribution in [0.25, 0.3) is 0 Å². The highest BCUT2D eigenvalue weighted by Crippen LogP contribution is 2.31. The zero-order valence-corrected chi connectivity index (χ0v) is 20.1. The summed E-state index contributed by atoms with van der Waals surface area (Å²) in [6.45, 7) is 1.06. The molecule has 1 aromatic heterocycles. The fourth-order valence-electron chi connectivity index (χ4n) is 4.19. The second-order valence-corrected chi connectivity index (χ2v) is 9.15. The zero-order chi connectivity index (χ0) is 23.7. The molecule has 8 heteroatoms. The van der Waals surface area contributed by atoms with Gasteiger partial charge in [0.1, 0.15) is 0 Å². The van der Waals surface area contributed by atoms with Crippen LogP contribution in [0.2, 0.25) is 10.0 Å². The van der Waals surface area contributed by atoms with Gasteiger partial charge < -0.3 is 0 Å². The van der Waals surface area contributed by atoms with E-state index < -0.39 is 0 Å². The van der Waals surface area contributed by atoms with Crippen LogP contribution < -0.4 is 10.7 Å². The smallest absolute Gasteiger partial charge is 0.263 e. The Morgan fingerprint density at radius 3 is 2.24 bits per heavy atom. The summed E-state index contributed by atoms with van der Waals surface area (Å²) < 4.78 is 3.05. The van der Waals surface area contributed by atoms with Crippen LogP contribution in [0.15, 0.2) is 88.8 Å². The van der Waals surface area contributed by atoms with Crippen LogP contribution in [0.4, 0.5) is 5.95 Å². The molecule has 0 bridgehead atoms. The van der Waals surface area contributed by atoms with Crippen molar-refractivity contribution in [2.24, 2.45) is 12.1 Å². The SMILES string of the molecule is Cn1c(N2C[C@H](c3ccccc3)C(c3ccc(Cl)cc3)=N2)nn(CCc2ccc(Cl)cc2)c1=O. The third kappa shape index (κ3) is 4.52. The Balaban J connectivity index is 1.45. The van der Waals surface area contributed by atoms with Crippen molar-refractivity contribution in [3.63, 3.8) is 0 Å². The third-order valence-corrected chi connectivity index (χ3v) is 6.53. The average Bonchev–Trinajstić information content (AvgIpc) is 3.42. The van der Waals surface area contributed by atoms with E-state index in [0.29, 0.717) is 35.5 Å². The third-order valence-electron chi connectivity index (χ3n) is 6.03. The minimum atomic E-state index is -0.171. The Kier molecular flexibility index (Phi) is 6.26. The molecule has 0 amide bonds. The molecule has 34 heavy (non-hydrogen) atoms. The lowest BCUT2D eigenvalue weighted by atomic mass is 9.91. The molecule has 0 spiro atoms. The Morgan fingerprint density at radius 1 is 0.912 bits per heavy atom. The number of hydrogen-bond acceptors (Lipinski definition) is 4. The van der Waals surface area contributed by atoms with Crippen LogP contribution in [0.3, 0.4) is 0 Å². The maximum atomic E-state index is 12.9. The van der Waals surface area contributed by atoms with Crippen LogP contribution in [-0.4, -0.2) is 26.6 Å². The molecular weight excluding hydrogens is 469 g/mol. The van der Waals surface area contributed by atoms with Crippen molar-refractivity contribution in [1.29, 1.82) is 0 Å². The molecule has 3 aromatic carbocycles. The molecule has 0 N–H and O–H groups in total. The predicted molar refractivity (Wildman–Crippen MR) is 137 cm³/mol. The van der Waals surface area contributed by atoms with Crippen LogP contribution in [0.5, 0.6) is 0 Å². The summed E-state index contributed by atoms with van der Waals surface area (Å²) in [6, 6.07) is 25.6. The highest BCUT2D eigenvalue weighted by molar-refractivity contribution is 6.31. The molecule has 1 aliphatic heterocycles. The highest BCUT2D eigenvalue weighted by atomic mass is 35.5. The molecular formula is C26H23Cl2N5O. The van der Waals surface area contributed by atoms with Crippen molar-refractivity contribution in [1.82, 2.24) is 14.3 Å². The van der Waals surface area contributed by atoms with E-state index in [-0.39, 0.29) is 11.6 Å². The first-order valence-electron chi connectivity index (χ1n) is 11.0. The summed E-state index contributed by atoms with van der Waals surface area (Å²) in [5, 5.41) is 12.7. The first-order valence-corrected chi connectivity index (χ1v) is 11.8. The summed E-state index contributed by atoms with van der Waals surface area (Å²) in [7, 11) is 1.73. The van der Waals surface area contributed by atoms with E-state index in [0.717, 1.165) is 22.4 Å². The summed E-state index contributed by atoms with van der Waals surface area (Å²) in [6.07, 6.45) is 0.680. The lowest BCUT2D eigenvalue weighted by Crippen LogP contribution is -2.25. The summed E-state index contributed by atoms with van der Waals surface area (Å²) >= 11 is 12.1. The minimum absolute atomic E-state index is 0.0386. The number of rotatable bonds is 6. The van der Waals surface area contributed by atoms with Gasteiger partial charge in [0, 0.05) is 23.0 Å². The van der Waals surface area contributed by atoms with E-state index in [1.807, 2.05) is 71.7 Å². The number of halogens is 2. The largest absolute Gasteiger partial charge is 0.347 e. The van der Waals surface area contributed by atoms with E-state index in [4.69, 9.17) is 28.3 Å². The summed E-state index contributed by atoms with van der Waals surface area (Å²) in [5.74, 6) is 0.558. The molecule has 1 atom stereocenters. The standard InChI is InChI=1S/C26H23Cl2N5O/c1-31-25(30-32(26(31)34)16-15-18-7-11-21(27)12-8-18)33-17-23(19-5-3-2-4-6-19)24(29-33)20-9-13-22(28)14-10-20/h2-14,23H,15-17H2,1H3/t23-/m1/s1. The monoisotopic (exact) mass is 491 g/mol. The van der Waals surface area contributed by atoms with Crippen LogP contribution in [0.1, 0.15) is 22.6 Å². The van der Waals surface area contributed by atoms with Gasteiger partial charge >= 0.3 is 5.69 Å². The molecule has 0 saturated heterocycles. The van der Waals surface area contributed by atoms with E-state index in [1.54, 1.807) is 11.6 Å². The van der Waals surface area contributed by atoms with Crippen LogP contribution >= 0.6 is 23.2 Å². The molecule has 6 nitrogen and oxygen atoms in total. The van der Waals surface area contributed by atoms with Gasteiger partial charge in [-0.3, -0.25) is 4.57 Å². The van der Waals surface area contributed by atoms with Crippen molar-refractivity contribution >= 4 is 34.9 Å². The molecule has 0 aliphatic carbocycles. The topological polar surface area (TPSA) is 55.4 Å². The maximum absolute atomic E-state index is 12.9. The first kappa shape index (κ1) is 22.4. The highest BCUT2D eigenvalue weighted by Gasteiger charge is 2.32.